The molecule has 0 spiro atoms. The average Bonchev–Trinajstić information content (AvgIpc) is 2.60. The van der Waals surface area contributed by atoms with Crippen LogP contribution in [0.1, 0.15) is 0 Å². The molecule has 0 bridgehead atoms. The van der Waals surface area contributed by atoms with Crippen LogP contribution < -0.4 is 15.4 Å². The maximum atomic E-state index is 12.0. The Morgan fingerprint density at radius 1 is 1.42 bits per heavy atom. The number of hydrogen-bond donors (Lipinski definition) is 2. The van der Waals surface area contributed by atoms with E-state index in [2.05, 4.69) is 10.6 Å². The highest BCUT2D eigenvalue weighted by Crippen LogP contribution is 2.16. The third-order valence-electron chi connectivity index (χ3n) is 3.60. The van der Waals surface area contributed by atoms with E-state index in [0.29, 0.717) is 37.7 Å². The fourth-order valence-corrected chi connectivity index (χ4v) is 2.30. The van der Waals surface area contributed by atoms with Gasteiger partial charge in [-0.15, -0.1) is 0 Å². The van der Waals surface area contributed by atoms with E-state index in [1.54, 1.807) is 43.4 Å². The molecule has 8 nitrogen and oxygen atoms in total. The van der Waals surface area contributed by atoms with E-state index in [9.17, 15) is 9.59 Å². The minimum absolute atomic E-state index is 0.0214. The summed E-state index contributed by atoms with van der Waals surface area (Å²) in [5, 5.41) is 5.47. The largest absolute Gasteiger partial charge is 0.497 e. The number of nitrogens with one attached hydrogen (secondary N) is 2. The topological polar surface area (TPSA) is 89.1 Å². The fraction of sp³-hybridized carbons (Fsp3) is 0.500. The summed E-state index contributed by atoms with van der Waals surface area (Å²) in [5.41, 5.74) is 0.633. The lowest BCUT2D eigenvalue weighted by Crippen LogP contribution is -2.51. The van der Waals surface area contributed by atoms with Gasteiger partial charge in [0.25, 0.3) is 0 Å². The third-order valence-corrected chi connectivity index (χ3v) is 3.60. The van der Waals surface area contributed by atoms with Gasteiger partial charge in [0.15, 0.2) is 0 Å². The van der Waals surface area contributed by atoms with E-state index in [1.165, 1.54) is 0 Å². The zero-order valence-electron chi connectivity index (χ0n) is 13.9. The lowest BCUT2D eigenvalue weighted by atomic mass is 10.2. The van der Waals surface area contributed by atoms with Gasteiger partial charge in [0.2, 0.25) is 5.91 Å². The highest BCUT2D eigenvalue weighted by molar-refractivity contribution is 5.89. The maximum Gasteiger partial charge on any atom is 0.319 e. The van der Waals surface area contributed by atoms with Gasteiger partial charge in [0, 0.05) is 38.5 Å². The Hall–Kier alpha value is -2.32. The molecule has 0 aromatic heterocycles. The Morgan fingerprint density at radius 2 is 2.25 bits per heavy atom. The van der Waals surface area contributed by atoms with Gasteiger partial charge in [-0.1, -0.05) is 6.07 Å². The lowest BCUT2D eigenvalue weighted by molar-refractivity contribution is -0.149. The second kappa shape index (κ2) is 9.09. The van der Waals surface area contributed by atoms with E-state index in [1.807, 2.05) is 0 Å². The molecule has 1 aliphatic heterocycles. The van der Waals surface area contributed by atoms with Gasteiger partial charge < -0.3 is 29.7 Å². The van der Waals surface area contributed by atoms with Crippen LogP contribution in [0.4, 0.5) is 10.5 Å². The molecule has 1 unspecified atom stereocenters. The molecule has 2 rings (SSSR count). The summed E-state index contributed by atoms with van der Waals surface area (Å²) in [6.07, 6.45) is -0.240. The Labute approximate surface area is 141 Å². The van der Waals surface area contributed by atoms with E-state index < -0.39 is 0 Å². The summed E-state index contributed by atoms with van der Waals surface area (Å²) in [7, 11) is 3.16. The molecular weight excluding hydrogens is 314 g/mol. The van der Waals surface area contributed by atoms with Gasteiger partial charge in [-0.25, -0.2) is 4.79 Å². The number of hydrogen-bond acceptors (Lipinski definition) is 5. The minimum atomic E-state index is -0.341. The van der Waals surface area contributed by atoms with Gasteiger partial charge >= 0.3 is 6.03 Å². The van der Waals surface area contributed by atoms with Crippen molar-refractivity contribution in [3.05, 3.63) is 24.3 Å². The first-order valence-electron chi connectivity index (χ1n) is 7.69. The first kappa shape index (κ1) is 18.0. The number of amides is 3. The van der Waals surface area contributed by atoms with E-state index in [4.69, 9.17) is 14.2 Å². The molecule has 1 aliphatic rings. The van der Waals surface area contributed by atoms with E-state index in [-0.39, 0.29) is 24.6 Å². The normalized spacial score (nSPS) is 17.5. The van der Waals surface area contributed by atoms with Crippen molar-refractivity contribution in [2.75, 3.05) is 52.4 Å². The Bertz CT molecular complexity index is 566. The minimum Gasteiger partial charge on any atom is -0.497 e. The molecule has 1 fully saturated rings. The Balaban J connectivity index is 1.77. The molecule has 3 amide bonds. The second-order valence-corrected chi connectivity index (χ2v) is 5.33. The number of carbonyl (C=O) groups excluding carboxylic acids is 2. The van der Waals surface area contributed by atoms with Crippen LogP contribution in [-0.2, 0) is 14.3 Å². The van der Waals surface area contributed by atoms with E-state index in [0.717, 1.165) is 0 Å². The van der Waals surface area contributed by atoms with Gasteiger partial charge in [-0.2, -0.15) is 0 Å². The van der Waals surface area contributed by atoms with Gasteiger partial charge in [-0.05, 0) is 12.1 Å². The smallest absolute Gasteiger partial charge is 0.319 e. The average molecular weight is 337 g/mol. The molecule has 1 heterocycles. The summed E-state index contributed by atoms with van der Waals surface area (Å²) in [4.78, 5) is 25.4. The third kappa shape index (κ3) is 5.39. The molecule has 0 radical (unpaired) electrons. The van der Waals surface area contributed by atoms with Crippen molar-refractivity contribution >= 4 is 17.6 Å². The molecular formula is C16H23N3O5. The van der Waals surface area contributed by atoms with Crippen LogP contribution in [0.3, 0.4) is 0 Å². The highest BCUT2D eigenvalue weighted by atomic mass is 16.5. The molecule has 1 atom stereocenters. The van der Waals surface area contributed by atoms with Crippen molar-refractivity contribution in [2.45, 2.75) is 6.10 Å². The quantitative estimate of drug-likeness (QED) is 0.764. The molecule has 1 aromatic rings. The molecule has 1 saturated heterocycles. The second-order valence-electron chi connectivity index (χ2n) is 5.33. The predicted octanol–water partition coefficient (Wildman–Crippen LogP) is 0.690. The number of anilines is 1. The van der Waals surface area contributed by atoms with Crippen molar-refractivity contribution < 1.29 is 23.8 Å². The molecule has 24 heavy (non-hydrogen) atoms. The van der Waals surface area contributed by atoms with Gasteiger partial charge in [0.05, 0.1) is 19.8 Å². The summed E-state index contributed by atoms with van der Waals surface area (Å²) in [5.74, 6) is 0.597. The molecule has 1 aromatic carbocycles. The highest BCUT2D eigenvalue weighted by Gasteiger charge is 2.26. The zero-order valence-corrected chi connectivity index (χ0v) is 13.9. The van der Waals surface area contributed by atoms with Crippen molar-refractivity contribution in [1.82, 2.24) is 10.2 Å². The number of carbonyl (C=O) groups is 2. The van der Waals surface area contributed by atoms with Crippen molar-refractivity contribution in [3.8, 4) is 5.75 Å². The number of urea groups is 1. The number of ether oxygens (including phenoxy) is 3. The summed E-state index contributed by atoms with van der Waals surface area (Å²) < 4.78 is 15.5. The van der Waals surface area contributed by atoms with Crippen LogP contribution in [0, 0.1) is 0 Å². The molecule has 0 aliphatic carbocycles. The van der Waals surface area contributed by atoms with Crippen molar-refractivity contribution in [3.63, 3.8) is 0 Å². The van der Waals surface area contributed by atoms with Crippen LogP contribution >= 0.6 is 0 Å². The maximum absolute atomic E-state index is 12.0. The number of rotatable bonds is 7. The summed E-state index contributed by atoms with van der Waals surface area (Å²) in [6.45, 7) is 1.76. The fourth-order valence-electron chi connectivity index (χ4n) is 2.30. The number of morpholine rings is 1. The molecule has 8 heteroatoms. The first-order chi connectivity index (χ1) is 11.6. The lowest BCUT2D eigenvalue weighted by Gasteiger charge is -2.32. The van der Waals surface area contributed by atoms with Crippen molar-refractivity contribution in [2.24, 2.45) is 0 Å². The van der Waals surface area contributed by atoms with Crippen LogP contribution in [0.15, 0.2) is 24.3 Å². The summed E-state index contributed by atoms with van der Waals surface area (Å²) >= 11 is 0. The Morgan fingerprint density at radius 3 is 3.00 bits per heavy atom. The van der Waals surface area contributed by atoms with Crippen LogP contribution in [0.2, 0.25) is 0 Å². The van der Waals surface area contributed by atoms with Crippen LogP contribution in [0.25, 0.3) is 0 Å². The molecule has 132 valence electrons. The van der Waals surface area contributed by atoms with Gasteiger partial charge in [-0.3, -0.25) is 4.79 Å². The predicted molar refractivity (Wildman–Crippen MR) is 88.2 cm³/mol. The standard InChI is InChI=1S/C16H23N3O5/c1-22-7-6-19-10-14(24-11-15(19)20)9-17-16(21)18-12-4-3-5-13(8-12)23-2/h3-5,8,14H,6-7,9-11H2,1-2H3,(H2,17,18,21). The number of benzene rings is 1. The van der Waals surface area contributed by atoms with Crippen molar-refractivity contribution in [1.29, 1.82) is 0 Å². The monoisotopic (exact) mass is 337 g/mol. The SMILES string of the molecule is COCCN1CC(CNC(=O)Nc2cccc(OC)c2)OCC1=O. The first-order valence-corrected chi connectivity index (χ1v) is 7.69. The zero-order chi connectivity index (χ0) is 17.4. The number of nitrogens with zero attached hydrogens (tertiary/aromatic N) is 1. The van der Waals surface area contributed by atoms with Gasteiger partial charge in [0.1, 0.15) is 12.4 Å². The Kier molecular flexibility index (Phi) is 6.83. The van der Waals surface area contributed by atoms with E-state index >= 15 is 0 Å². The van der Waals surface area contributed by atoms with Crippen LogP contribution in [-0.4, -0.2) is 70.0 Å². The molecule has 2 N–H and O–H groups in total. The number of methoxy groups -OCH3 is 2. The molecule has 0 saturated carbocycles. The summed E-state index contributed by atoms with van der Waals surface area (Å²) in [6, 6.07) is 6.74. The van der Waals surface area contributed by atoms with Crippen LogP contribution in [0.5, 0.6) is 5.75 Å².